The summed E-state index contributed by atoms with van der Waals surface area (Å²) in [7, 11) is 0. The van der Waals surface area contributed by atoms with Crippen LogP contribution in [-0.4, -0.2) is 48.5 Å². The van der Waals surface area contributed by atoms with Crippen molar-refractivity contribution in [2.24, 2.45) is 0 Å². The van der Waals surface area contributed by atoms with Crippen LogP contribution in [0.1, 0.15) is 58.8 Å². The molecular formula is C24H25N3O7. The zero-order valence-electron chi connectivity index (χ0n) is 19.3. The van der Waals surface area contributed by atoms with E-state index in [1.54, 1.807) is 45.0 Å². The molecule has 0 spiro atoms. The SMILES string of the molecule is CCOc1ccc(N2C(=O)c3ccc(C(=O)OCC(=O)NC(=O)NC(C)(C)C)cc3C2=O)cc1. The fourth-order valence-corrected chi connectivity index (χ4v) is 3.21. The average Bonchev–Trinajstić information content (AvgIpc) is 3.01. The first-order valence-electron chi connectivity index (χ1n) is 10.5. The molecule has 5 amide bonds. The van der Waals surface area contributed by atoms with Gasteiger partial charge in [0, 0.05) is 5.54 Å². The van der Waals surface area contributed by atoms with Crippen LogP contribution in [0.3, 0.4) is 0 Å². The van der Waals surface area contributed by atoms with Crippen LogP contribution in [0.25, 0.3) is 0 Å². The molecule has 0 saturated heterocycles. The molecule has 0 atom stereocenters. The third-order valence-corrected chi connectivity index (χ3v) is 4.60. The van der Waals surface area contributed by atoms with Crippen molar-refractivity contribution in [1.82, 2.24) is 10.6 Å². The van der Waals surface area contributed by atoms with Crippen molar-refractivity contribution < 1.29 is 33.4 Å². The summed E-state index contributed by atoms with van der Waals surface area (Å²) in [6, 6.07) is 9.71. The lowest BCUT2D eigenvalue weighted by molar-refractivity contribution is -0.123. The number of nitrogens with one attached hydrogen (secondary N) is 2. The molecule has 2 aromatic rings. The van der Waals surface area contributed by atoms with E-state index in [1.807, 2.05) is 6.92 Å². The lowest BCUT2D eigenvalue weighted by Gasteiger charge is -2.20. The molecule has 1 aliphatic heterocycles. The van der Waals surface area contributed by atoms with Gasteiger partial charge in [-0.3, -0.25) is 19.7 Å². The third kappa shape index (κ3) is 5.58. The molecule has 2 aromatic carbocycles. The summed E-state index contributed by atoms with van der Waals surface area (Å²) >= 11 is 0. The molecule has 10 nitrogen and oxygen atoms in total. The van der Waals surface area contributed by atoms with Gasteiger partial charge in [0.1, 0.15) is 5.75 Å². The Kier molecular flexibility index (Phi) is 7.00. The number of hydrogen-bond acceptors (Lipinski definition) is 7. The van der Waals surface area contributed by atoms with Gasteiger partial charge in [0.25, 0.3) is 17.7 Å². The second kappa shape index (κ2) is 9.74. The van der Waals surface area contributed by atoms with Crippen LogP contribution in [0.2, 0.25) is 0 Å². The lowest BCUT2D eigenvalue weighted by atomic mass is 10.1. The van der Waals surface area contributed by atoms with Crippen molar-refractivity contribution in [1.29, 1.82) is 0 Å². The number of hydrogen-bond donors (Lipinski definition) is 2. The van der Waals surface area contributed by atoms with Crippen LogP contribution in [-0.2, 0) is 9.53 Å². The number of fused-ring (bicyclic) bond motifs is 1. The Balaban J connectivity index is 1.66. The van der Waals surface area contributed by atoms with Crippen molar-refractivity contribution in [3.05, 3.63) is 59.2 Å². The van der Waals surface area contributed by atoms with E-state index in [2.05, 4.69) is 10.6 Å². The quantitative estimate of drug-likeness (QED) is 0.493. The fourth-order valence-electron chi connectivity index (χ4n) is 3.21. The van der Waals surface area contributed by atoms with Crippen molar-refractivity contribution >= 4 is 35.4 Å². The molecule has 34 heavy (non-hydrogen) atoms. The molecular weight excluding hydrogens is 442 g/mol. The van der Waals surface area contributed by atoms with Gasteiger partial charge in [0.2, 0.25) is 0 Å². The zero-order valence-corrected chi connectivity index (χ0v) is 19.3. The molecule has 0 unspecified atom stereocenters. The predicted octanol–water partition coefficient (Wildman–Crippen LogP) is 2.67. The summed E-state index contributed by atoms with van der Waals surface area (Å²) in [5.74, 6) is -2.20. The molecule has 0 radical (unpaired) electrons. The van der Waals surface area contributed by atoms with Gasteiger partial charge in [0.15, 0.2) is 6.61 Å². The third-order valence-electron chi connectivity index (χ3n) is 4.60. The molecule has 178 valence electrons. The van der Waals surface area contributed by atoms with E-state index in [4.69, 9.17) is 9.47 Å². The maximum absolute atomic E-state index is 12.9. The minimum Gasteiger partial charge on any atom is -0.494 e. The van der Waals surface area contributed by atoms with E-state index in [9.17, 15) is 24.0 Å². The number of urea groups is 1. The second-order valence-corrected chi connectivity index (χ2v) is 8.46. The molecule has 0 bridgehead atoms. The van der Waals surface area contributed by atoms with Crippen molar-refractivity contribution in [2.45, 2.75) is 33.2 Å². The van der Waals surface area contributed by atoms with Crippen LogP contribution in [0.5, 0.6) is 5.75 Å². The smallest absolute Gasteiger partial charge is 0.338 e. The summed E-state index contributed by atoms with van der Waals surface area (Å²) in [4.78, 5) is 62.6. The Labute approximate surface area is 196 Å². The second-order valence-electron chi connectivity index (χ2n) is 8.46. The van der Waals surface area contributed by atoms with Gasteiger partial charge in [0.05, 0.1) is 29.0 Å². The Morgan fingerprint density at radius 2 is 1.59 bits per heavy atom. The van der Waals surface area contributed by atoms with E-state index >= 15 is 0 Å². The largest absolute Gasteiger partial charge is 0.494 e. The van der Waals surface area contributed by atoms with Gasteiger partial charge >= 0.3 is 12.0 Å². The van der Waals surface area contributed by atoms with E-state index in [0.717, 1.165) is 4.90 Å². The molecule has 3 rings (SSSR count). The maximum atomic E-state index is 12.9. The molecule has 0 aliphatic carbocycles. The van der Waals surface area contributed by atoms with Crippen LogP contribution < -0.4 is 20.3 Å². The van der Waals surface area contributed by atoms with Gasteiger partial charge in [-0.2, -0.15) is 0 Å². The molecule has 0 fully saturated rings. The van der Waals surface area contributed by atoms with Gasteiger partial charge in [-0.25, -0.2) is 14.5 Å². The summed E-state index contributed by atoms with van der Waals surface area (Å²) in [6.45, 7) is 6.86. The van der Waals surface area contributed by atoms with E-state index in [-0.39, 0.29) is 16.7 Å². The minimum absolute atomic E-state index is 0.0135. The molecule has 10 heteroatoms. The summed E-state index contributed by atoms with van der Waals surface area (Å²) in [6.07, 6.45) is 0. The number of nitrogens with zero attached hydrogens (tertiary/aromatic N) is 1. The minimum atomic E-state index is -0.881. The number of carbonyl (C=O) groups is 5. The lowest BCUT2D eigenvalue weighted by Crippen LogP contribution is -2.49. The summed E-state index contributed by atoms with van der Waals surface area (Å²) in [5.41, 5.74) is -0.00649. The molecule has 1 aliphatic rings. The Morgan fingerprint density at radius 1 is 0.941 bits per heavy atom. The van der Waals surface area contributed by atoms with Crippen molar-refractivity contribution in [2.75, 3.05) is 18.1 Å². The topological polar surface area (TPSA) is 131 Å². The number of anilines is 1. The van der Waals surface area contributed by atoms with E-state index < -0.39 is 41.9 Å². The van der Waals surface area contributed by atoms with Crippen LogP contribution in [0, 0.1) is 0 Å². The first-order chi connectivity index (χ1) is 16.0. The number of imide groups is 2. The van der Waals surface area contributed by atoms with E-state index in [0.29, 0.717) is 18.0 Å². The molecule has 2 N–H and O–H groups in total. The first kappa shape index (κ1) is 24.4. The number of esters is 1. The Bertz CT molecular complexity index is 1150. The monoisotopic (exact) mass is 467 g/mol. The number of rotatable bonds is 6. The zero-order chi connectivity index (χ0) is 25.0. The van der Waals surface area contributed by atoms with Crippen LogP contribution in [0.15, 0.2) is 42.5 Å². The number of carbonyl (C=O) groups excluding carboxylic acids is 5. The Morgan fingerprint density at radius 3 is 2.21 bits per heavy atom. The molecule has 1 heterocycles. The number of ether oxygens (including phenoxy) is 2. The Hall–Kier alpha value is -4.21. The predicted molar refractivity (Wildman–Crippen MR) is 122 cm³/mol. The fraction of sp³-hybridized carbons (Fsp3) is 0.292. The van der Waals surface area contributed by atoms with Gasteiger partial charge in [-0.05, 0) is 70.2 Å². The van der Waals surface area contributed by atoms with Gasteiger partial charge in [-0.15, -0.1) is 0 Å². The maximum Gasteiger partial charge on any atom is 0.338 e. The highest BCUT2D eigenvalue weighted by Crippen LogP contribution is 2.30. The highest BCUT2D eigenvalue weighted by molar-refractivity contribution is 6.34. The van der Waals surface area contributed by atoms with Crippen molar-refractivity contribution in [3.63, 3.8) is 0 Å². The average molecular weight is 467 g/mol. The summed E-state index contributed by atoms with van der Waals surface area (Å²) < 4.78 is 10.3. The molecule has 0 saturated carbocycles. The van der Waals surface area contributed by atoms with Gasteiger partial charge in [-0.1, -0.05) is 0 Å². The van der Waals surface area contributed by atoms with Crippen LogP contribution >= 0.6 is 0 Å². The first-order valence-corrected chi connectivity index (χ1v) is 10.5. The van der Waals surface area contributed by atoms with Crippen LogP contribution in [0.4, 0.5) is 10.5 Å². The summed E-state index contributed by atoms with van der Waals surface area (Å²) in [5, 5.41) is 4.59. The molecule has 0 aromatic heterocycles. The highest BCUT2D eigenvalue weighted by Gasteiger charge is 2.37. The number of amides is 5. The van der Waals surface area contributed by atoms with Crippen molar-refractivity contribution in [3.8, 4) is 5.75 Å². The normalized spacial score (nSPS) is 12.8. The standard InChI is InChI=1S/C24H25N3O7/c1-5-33-16-9-7-15(8-10-16)27-20(29)17-11-6-14(12-18(17)21(27)30)22(31)34-13-19(28)25-23(32)26-24(2,3)4/h6-12H,5,13H2,1-4H3,(H2,25,26,28,32). The highest BCUT2D eigenvalue weighted by atomic mass is 16.5. The van der Waals surface area contributed by atoms with Gasteiger partial charge < -0.3 is 14.8 Å². The number of benzene rings is 2. The van der Waals surface area contributed by atoms with E-state index in [1.165, 1.54) is 18.2 Å².